The lowest BCUT2D eigenvalue weighted by Crippen LogP contribution is -2.20. The van der Waals surface area contributed by atoms with Crippen LogP contribution >= 0.6 is 0 Å². The van der Waals surface area contributed by atoms with E-state index in [1.54, 1.807) is 0 Å². The first-order valence-corrected chi connectivity index (χ1v) is 6.92. The van der Waals surface area contributed by atoms with E-state index in [0.717, 1.165) is 30.1 Å². The topological polar surface area (TPSA) is 20.2 Å². The van der Waals surface area contributed by atoms with Gasteiger partial charge in [0.25, 0.3) is 0 Å². The van der Waals surface area contributed by atoms with Gasteiger partial charge in [0.1, 0.15) is 0 Å². The number of hydrogen-bond acceptors (Lipinski definition) is 1. The molecule has 0 aliphatic heterocycles. The average Bonchev–Trinajstić information content (AvgIpc) is 2.89. The van der Waals surface area contributed by atoms with Crippen LogP contribution in [0.4, 0.5) is 0 Å². The van der Waals surface area contributed by atoms with Crippen molar-refractivity contribution in [3.8, 4) is 0 Å². The highest BCUT2D eigenvalue weighted by Crippen LogP contribution is 2.52. The Morgan fingerprint density at radius 2 is 1.87 bits per heavy atom. The molecule has 0 aromatic heterocycles. The molecule has 3 fully saturated rings. The van der Waals surface area contributed by atoms with Gasteiger partial charge in [-0.25, -0.2) is 0 Å². The molecule has 86 valence electrons. The Bertz CT molecular complexity index is 235. The van der Waals surface area contributed by atoms with Crippen LogP contribution in [-0.2, 0) is 0 Å². The molecule has 3 rings (SSSR count). The summed E-state index contributed by atoms with van der Waals surface area (Å²) >= 11 is 0. The van der Waals surface area contributed by atoms with E-state index in [9.17, 15) is 5.11 Å². The van der Waals surface area contributed by atoms with Gasteiger partial charge in [0, 0.05) is 0 Å². The summed E-state index contributed by atoms with van der Waals surface area (Å²) in [6.45, 7) is 2.26. The van der Waals surface area contributed by atoms with Gasteiger partial charge in [-0.3, -0.25) is 0 Å². The number of hydrogen-bond donors (Lipinski definition) is 1. The second kappa shape index (κ2) is 3.76. The fourth-order valence-corrected chi connectivity index (χ4v) is 4.61. The lowest BCUT2D eigenvalue weighted by Gasteiger charge is -2.27. The third-order valence-corrected chi connectivity index (χ3v) is 5.67. The molecule has 1 heteroatoms. The third-order valence-electron chi connectivity index (χ3n) is 5.67. The molecule has 1 nitrogen and oxygen atoms in total. The zero-order valence-corrected chi connectivity index (χ0v) is 9.86. The molecule has 15 heavy (non-hydrogen) atoms. The van der Waals surface area contributed by atoms with Crippen molar-refractivity contribution in [2.75, 3.05) is 0 Å². The van der Waals surface area contributed by atoms with Crippen LogP contribution in [0.2, 0.25) is 0 Å². The minimum Gasteiger partial charge on any atom is -0.393 e. The largest absolute Gasteiger partial charge is 0.393 e. The molecule has 0 aromatic rings. The zero-order valence-electron chi connectivity index (χ0n) is 9.86. The van der Waals surface area contributed by atoms with Crippen LogP contribution in [0.1, 0.15) is 51.9 Å². The highest BCUT2D eigenvalue weighted by atomic mass is 16.3. The molecule has 0 saturated heterocycles. The van der Waals surface area contributed by atoms with E-state index in [1.807, 2.05) is 0 Å². The van der Waals surface area contributed by atoms with E-state index < -0.39 is 0 Å². The lowest BCUT2D eigenvalue weighted by molar-refractivity contribution is 0.118. The first kappa shape index (κ1) is 10.1. The van der Waals surface area contributed by atoms with Gasteiger partial charge in [-0.15, -0.1) is 0 Å². The van der Waals surface area contributed by atoms with E-state index in [-0.39, 0.29) is 6.10 Å². The van der Waals surface area contributed by atoms with Crippen LogP contribution in [0.3, 0.4) is 0 Å². The van der Waals surface area contributed by atoms with Crippen molar-refractivity contribution in [2.24, 2.45) is 29.6 Å². The second-order valence-corrected chi connectivity index (χ2v) is 6.43. The molecule has 2 bridgehead atoms. The predicted molar refractivity (Wildman–Crippen MR) is 61.4 cm³/mol. The van der Waals surface area contributed by atoms with Crippen LogP contribution in [0.25, 0.3) is 0 Å². The fourth-order valence-electron chi connectivity index (χ4n) is 4.61. The third kappa shape index (κ3) is 1.73. The van der Waals surface area contributed by atoms with Gasteiger partial charge in [0.2, 0.25) is 0 Å². The maximum atomic E-state index is 9.77. The quantitative estimate of drug-likeness (QED) is 0.738. The molecule has 1 N–H and O–H groups in total. The van der Waals surface area contributed by atoms with Crippen molar-refractivity contribution in [1.82, 2.24) is 0 Å². The Kier molecular flexibility index (Phi) is 2.54. The highest BCUT2D eigenvalue weighted by molar-refractivity contribution is 4.93. The van der Waals surface area contributed by atoms with Crippen molar-refractivity contribution < 1.29 is 5.11 Å². The Balaban J connectivity index is 1.57. The summed E-state index contributed by atoms with van der Waals surface area (Å²) in [4.78, 5) is 0. The Morgan fingerprint density at radius 1 is 1.00 bits per heavy atom. The molecule has 0 heterocycles. The summed E-state index contributed by atoms with van der Waals surface area (Å²) in [5.74, 6) is 4.59. The van der Waals surface area contributed by atoms with Crippen LogP contribution in [0.5, 0.6) is 0 Å². The molecule has 0 radical (unpaired) electrons. The smallest absolute Gasteiger partial charge is 0.0568 e. The van der Waals surface area contributed by atoms with E-state index in [1.165, 1.54) is 38.5 Å². The summed E-state index contributed by atoms with van der Waals surface area (Å²) in [6, 6.07) is 0. The van der Waals surface area contributed by atoms with Gasteiger partial charge in [-0.05, 0) is 68.1 Å². The first-order chi connectivity index (χ1) is 7.24. The molecule has 0 spiro atoms. The molecule has 0 aromatic carbocycles. The molecular formula is C14H24O. The fraction of sp³-hybridized carbons (Fsp3) is 1.00. The number of aliphatic hydroxyl groups excluding tert-OH is 1. The molecular weight excluding hydrogens is 184 g/mol. The van der Waals surface area contributed by atoms with Gasteiger partial charge >= 0.3 is 0 Å². The molecule has 3 aliphatic carbocycles. The van der Waals surface area contributed by atoms with E-state index >= 15 is 0 Å². The average molecular weight is 208 g/mol. The van der Waals surface area contributed by atoms with Gasteiger partial charge in [0.05, 0.1) is 6.10 Å². The minimum atomic E-state index is 0.00795. The molecule has 6 unspecified atom stereocenters. The number of rotatable bonds is 2. The van der Waals surface area contributed by atoms with Crippen molar-refractivity contribution in [1.29, 1.82) is 0 Å². The molecule has 3 saturated carbocycles. The number of fused-ring (bicyclic) bond motifs is 2. The SMILES string of the molecule is CC1C(O)CCC1CC1CC2CCC1C2. The maximum absolute atomic E-state index is 9.77. The summed E-state index contributed by atoms with van der Waals surface area (Å²) in [7, 11) is 0. The van der Waals surface area contributed by atoms with Gasteiger partial charge in [-0.2, -0.15) is 0 Å². The minimum absolute atomic E-state index is 0.00795. The van der Waals surface area contributed by atoms with Crippen molar-refractivity contribution in [2.45, 2.75) is 58.0 Å². The molecule has 3 aliphatic rings. The predicted octanol–water partition coefficient (Wildman–Crippen LogP) is 3.22. The summed E-state index contributed by atoms with van der Waals surface area (Å²) < 4.78 is 0. The van der Waals surface area contributed by atoms with Crippen molar-refractivity contribution in [3.05, 3.63) is 0 Å². The maximum Gasteiger partial charge on any atom is 0.0568 e. The summed E-state index contributed by atoms with van der Waals surface area (Å²) in [5, 5.41) is 9.77. The van der Waals surface area contributed by atoms with E-state index in [4.69, 9.17) is 0 Å². The van der Waals surface area contributed by atoms with Gasteiger partial charge < -0.3 is 5.11 Å². The van der Waals surface area contributed by atoms with E-state index in [0.29, 0.717) is 5.92 Å². The lowest BCUT2D eigenvalue weighted by atomic mass is 9.79. The van der Waals surface area contributed by atoms with Crippen LogP contribution < -0.4 is 0 Å². The number of aliphatic hydroxyl groups is 1. The summed E-state index contributed by atoms with van der Waals surface area (Å²) in [5.41, 5.74) is 0. The normalized spacial score (nSPS) is 54.0. The monoisotopic (exact) mass is 208 g/mol. The van der Waals surface area contributed by atoms with Gasteiger partial charge in [0.15, 0.2) is 0 Å². The van der Waals surface area contributed by atoms with E-state index in [2.05, 4.69) is 6.92 Å². The molecule has 6 atom stereocenters. The van der Waals surface area contributed by atoms with Crippen LogP contribution in [-0.4, -0.2) is 11.2 Å². The summed E-state index contributed by atoms with van der Waals surface area (Å²) in [6.07, 6.45) is 9.87. The van der Waals surface area contributed by atoms with Crippen molar-refractivity contribution >= 4 is 0 Å². The van der Waals surface area contributed by atoms with Crippen LogP contribution in [0, 0.1) is 29.6 Å². The van der Waals surface area contributed by atoms with Crippen molar-refractivity contribution in [3.63, 3.8) is 0 Å². The molecule has 0 amide bonds. The first-order valence-electron chi connectivity index (χ1n) is 6.92. The second-order valence-electron chi connectivity index (χ2n) is 6.43. The van der Waals surface area contributed by atoms with Gasteiger partial charge in [-0.1, -0.05) is 13.3 Å². The Morgan fingerprint density at radius 3 is 2.40 bits per heavy atom. The Hall–Kier alpha value is -0.0400. The Labute approximate surface area is 93.3 Å². The van der Waals surface area contributed by atoms with Crippen LogP contribution in [0.15, 0.2) is 0 Å². The zero-order chi connectivity index (χ0) is 10.4. The highest BCUT2D eigenvalue weighted by Gasteiger charge is 2.42. The standard InChI is InChI=1S/C14H24O/c1-9-11(4-5-14(9)15)8-13-7-10-2-3-12(13)6-10/h9-15H,2-8H2,1H3.